The van der Waals surface area contributed by atoms with Crippen molar-refractivity contribution >= 4 is 23.4 Å². The number of amides is 1. The van der Waals surface area contributed by atoms with E-state index in [1.165, 1.54) is 0 Å². The molecule has 0 radical (unpaired) electrons. The number of benzene rings is 1. The number of aryl methyl sites for hydroxylation is 1. The van der Waals surface area contributed by atoms with Gasteiger partial charge in [0.1, 0.15) is 0 Å². The lowest BCUT2D eigenvalue weighted by Gasteiger charge is -2.14. The topological polar surface area (TPSA) is 67.2 Å². The van der Waals surface area contributed by atoms with Crippen LogP contribution in [0.15, 0.2) is 18.2 Å². The highest BCUT2D eigenvalue weighted by molar-refractivity contribution is 7.98. The summed E-state index contributed by atoms with van der Waals surface area (Å²) in [6.45, 7) is 3.94. The number of nitrogens with two attached hydrogens (primary N) is 1. The van der Waals surface area contributed by atoms with Crippen LogP contribution in [0.4, 0.5) is 5.69 Å². The monoisotopic (exact) mass is 253 g/mol. The van der Waals surface area contributed by atoms with Gasteiger partial charge >= 0.3 is 0 Å². The maximum absolute atomic E-state index is 12.0. The van der Waals surface area contributed by atoms with Gasteiger partial charge in [-0.2, -0.15) is 11.8 Å². The Morgan fingerprint density at radius 3 is 2.82 bits per heavy atom. The first-order valence-electron chi connectivity index (χ1n) is 5.45. The predicted octanol–water partition coefficient (Wildman–Crippen LogP) is 1.76. The highest BCUT2D eigenvalue weighted by Crippen LogP contribution is 2.16. The van der Waals surface area contributed by atoms with Crippen molar-refractivity contribution < 1.29 is 4.79 Å². The Morgan fingerprint density at radius 2 is 2.24 bits per heavy atom. The number of carbonyl (C=O) groups is 1. The summed E-state index contributed by atoms with van der Waals surface area (Å²) in [5, 5.41) is 2.94. The van der Waals surface area contributed by atoms with E-state index in [-0.39, 0.29) is 11.9 Å². The van der Waals surface area contributed by atoms with Crippen molar-refractivity contribution in [3.8, 4) is 0 Å². The van der Waals surface area contributed by atoms with Crippen molar-refractivity contribution in [2.45, 2.75) is 19.9 Å². The summed E-state index contributed by atoms with van der Waals surface area (Å²) in [6.07, 6.45) is 2.02. The second-order valence-electron chi connectivity index (χ2n) is 4.02. The van der Waals surface area contributed by atoms with Crippen LogP contribution in [0.2, 0.25) is 0 Å². The van der Waals surface area contributed by atoms with E-state index in [1.54, 1.807) is 17.8 Å². The highest BCUT2D eigenvalue weighted by atomic mass is 32.2. The number of thioether (sulfide) groups is 1. The van der Waals surface area contributed by atoms with E-state index >= 15 is 0 Å². The Kier molecular flexibility index (Phi) is 5.31. The van der Waals surface area contributed by atoms with E-state index in [4.69, 9.17) is 5.84 Å². The maximum Gasteiger partial charge on any atom is 0.253 e. The largest absolute Gasteiger partial charge is 0.349 e. The average Bonchev–Trinajstić information content (AvgIpc) is 2.28. The molecule has 0 saturated carbocycles. The van der Waals surface area contributed by atoms with Crippen LogP contribution >= 0.6 is 11.8 Å². The van der Waals surface area contributed by atoms with E-state index in [0.717, 1.165) is 11.3 Å². The van der Waals surface area contributed by atoms with Gasteiger partial charge in [0, 0.05) is 11.8 Å². The number of nitrogen functional groups attached to an aromatic ring is 1. The lowest BCUT2D eigenvalue weighted by Crippen LogP contribution is -2.34. The zero-order valence-electron chi connectivity index (χ0n) is 10.4. The number of hydrazine groups is 1. The predicted molar refractivity (Wildman–Crippen MR) is 74.3 cm³/mol. The number of hydrogen-bond acceptors (Lipinski definition) is 4. The zero-order valence-corrected chi connectivity index (χ0v) is 11.2. The molecule has 0 aromatic heterocycles. The standard InChI is InChI=1S/C12H19N3OS/c1-8-4-5-10(11(6-8)15-13)12(16)14-9(2)7-17-3/h4-6,9,15H,7,13H2,1-3H3,(H,14,16). The molecular formula is C12H19N3OS. The second-order valence-corrected chi connectivity index (χ2v) is 4.93. The van der Waals surface area contributed by atoms with Gasteiger partial charge in [-0.15, -0.1) is 0 Å². The van der Waals surface area contributed by atoms with Crippen molar-refractivity contribution in [2.24, 2.45) is 5.84 Å². The van der Waals surface area contributed by atoms with Crippen LogP contribution < -0.4 is 16.6 Å². The molecule has 1 aromatic carbocycles. The number of carbonyl (C=O) groups excluding carboxylic acids is 1. The van der Waals surface area contributed by atoms with Crippen LogP contribution in [0.1, 0.15) is 22.8 Å². The van der Waals surface area contributed by atoms with Gasteiger partial charge in [0.2, 0.25) is 0 Å². The fourth-order valence-corrected chi connectivity index (χ4v) is 2.15. The van der Waals surface area contributed by atoms with Crippen LogP contribution in [0.5, 0.6) is 0 Å². The SMILES string of the molecule is CSCC(C)NC(=O)c1ccc(C)cc1NN. The molecule has 0 heterocycles. The molecular weight excluding hydrogens is 234 g/mol. The van der Waals surface area contributed by atoms with Gasteiger partial charge in [-0.25, -0.2) is 0 Å². The van der Waals surface area contributed by atoms with E-state index in [2.05, 4.69) is 10.7 Å². The summed E-state index contributed by atoms with van der Waals surface area (Å²) in [5.74, 6) is 6.21. The van der Waals surface area contributed by atoms with Gasteiger partial charge < -0.3 is 10.7 Å². The van der Waals surface area contributed by atoms with Crippen LogP contribution in [0, 0.1) is 6.92 Å². The molecule has 1 unspecified atom stereocenters. The Hall–Kier alpha value is -1.20. The van der Waals surface area contributed by atoms with Crippen LogP contribution in [-0.4, -0.2) is 24.0 Å². The summed E-state index contributed by atoms with van der Waals surface area (Å²) >= 11 is 1.70. The van der Waals surface area contributed by atoms with Crippen LogP contribution in [0.3, 0.4) is 0 Å². The summed E-state index contributed by atoms with van der Waals surface area (Å²) in [5.41, 5.74) is 4.84. The maximum atomic E-state index is 12.0. The Morgan fingerprint density at radius 1 is 1.53 bits per heavy atom. The van der Waals surface area contributed by atoms with E-state index in [1.807, 2.05) is 32.2 Å². The third kappa shape index (κ3) is 3.94. The first-order valence-corrected chi connectivity index (χ1v) is 6.85. The van der Waals surface area contributed by atoms with E-state index in [9.17, 15) is 4.79 Å². The van der Waals surface area contributed by atoms with E-state index in [0.29, 0.717) is 11.3 Å². The molecule has 1 amide bonds. The zero-order chi connectivity index (χ0) is 12.8. The number of anilines is 1. The summed E-state index contributed by atoms with van der Waals surface area (Å²) in [7, 11) is 0. The molecule has 1 aromatic rings. The first-order chi connectivity index (χ1) is 8.08. The lowest BCUT2D eigenvalue weighted by atomic mass is 10.1. The molecule has 0 spiro atoms. The van der Waals surface area contributed by atoms with Crippen LogP contribution in [0.25, 0.3) is 0 Å². The average molecular weight is 253 g/mol. The fraction of sp³-hybridized carbons (Fsp3) is 0.417. The molecule has 4 N–H and O–H groups in total. The Bertz CT molecular complexity index is 395. The Balaban J connectivity index is 2.81. The normalized spacial score (nSPS) is 12.0. The van der Waals surface area contributed by atoms with Gasteiger partial charge in [-0.1, -0.05) is 6.07 Å². The highest BCUT2D eigenvalue weighted by Gasteiger charge is 2.13. The number of hydrogen-bond donors (Lipinski definition) is 3. The molecule has 0 bridgehead atoms. The first kappa shape index (κ1) is 13.9. The number of rotatable bonds is 5. The van der Waals surface area contributed by atoms with Crippen molar-refractivity contribution in [2.75, 3.05) is 17.4 Å². The summed E-state index contributed by atoms with van der Waals surface area (Å²) < 4.78 is 0. The summed E-state index contributed by atoms with van der Waals surface area (Å²) in [6, 6.07) is 5.68. The van der Waals surface area contributed by atoms with Gasteiger partial charge in [0.15, 0.2) is 0 Å². The van der Waals surface area contributed by atoms with Gasteiger partial charge in [0.05, 0.1) is 11.3 Å². The molecule has 0 saturated heterocycles. The molecule has 0 aliphatic rings. The minimum absolute atomic E-state index is 0.0977. The molecule has 4 nitrogen and oxygen atoms in total. The lowest BCUT2D eigenvalue weighted by molar-refractivity contribution is 0.0944. The van der Waals surface area contributed by atoms with Crippen LogP contribution in [-0.2, 0) is 0 Å². The fourth-order valence-electron chi connectivity index (χ4n) is 1.57. The summed E-state index contributed by atoms with van der Waals surface area (Å²) in [4.78, 5) is 12.0. The second kappa shape index (κ2) is 6.51. The minimum atomic E-state index is -0.0977. The quantitative estimate of drug-likeness (QED) is 0.552. The van der Waals surface area contributed by atoms with Gasteiger partial charge in [-0.3, -0.25) is 10.6 Å². The van der Waals surface area contributed by atoms with Crippen molar-refractivity contribution in [1.82, 2.24) is 5.32 Å². The van der Waals surface area contributed by atoms with Crippen molar-refractivity contribution in [1.29, 1.82) is 0 Å². The van der Waals surface area contributed by atoms with Gasteiger partial charge in [-0.05, 0) is 37.8 Å². The molecule has 0 aliphatic heterocycles. The van der Waals surface area contributed by atoms with Gasteiger partial charge in [0.25, 0.3) is 5.91 Å². The van der Waals surface area contributed by atoms with E-state index < -0.39 is 0 Å². The third-order valence-electron chi connectivity index (χ3n) is 2.37. The minimum Gasteiger partial charge on any atom is -0.349 e. The molecule has 0 fully saturated rings. The molecule has 0 aliphatic carbocycles. The Labute approximate surface area is 106 Å². The van der Waals surface area contributed by atoms with Crippen molar-refractivity contribution in [3.63, 3.8) is 0 Å². The smallest absolute Gasteiger partial charge is 0.253 e. The molecule has 1 rings (SSSR count). The molecule has 17 heavy (non-hydrogen) atoms. The third-order valence-corrected chi connectivity index (χ3v) is 3.20. The molecule has 94 valence electrons. The molecule has 1 atom stereocenters. The molecule has 5 heteroatoms. The number of nitrogens with one attached hydrogen (secondary N) is 2. The van der Waals surface area contributed by atoms with Crippen molar-refractivity contribution in [3.05, 3.63) is 29.3 Å².